The number of aromatic nitrogens is 3. The smallest absolute Gasteiger partial charge is 0.314 e. The quantitative estimate of drug-likeness (QED) is 0.574. The van der Waals surface area contributed by atoms with Gasteiger partial charge in [-0.2, -0.15) is 0 Å². The van der Waals surface area contributed by atoms with Gasteiger partial charge in [0.1, 0.15) is 5.52 Å². The van der Waals surface area contributed by atoms with Gasteiger partial charge in [-0.15, -0.1) is 10.2 Å². The van der Waals surface area contributed by atoms with E-state index in [0.717, 1.165) is 6.07 Å². The molecule has 0 spiro atoms. The number of hydrogen-bond donors (Lipinski definition) is 1. The number of hydrogen-bond acceptors (Lipinski definition) is 5. The van der Waals surface area contributed by atoms with Crippen molar-refractivity contribution < 1.29 is 4.92 Å². The molecule has 2 heterocycles. The fourth-order valence-electron chi connectivity index (χ4n) is 1.10. The summed E-state index contributed by atoms with van der Waals surface area (Å²) < 4.78 is 0. The van der Waals surface area contributed by atoms with Crippen molar-refractivity contribution in [1.29, 1.82) is 0 Å². The molecule has 0 saturated heterocycles. The van der Waals surface area contributed by atoms with Gasteiger partial charge in [0.2, 0.25) is 0 Å². The van der Waals surface area contributed by atoms with Crippen LogP contribution in [-0.4, -0.2) is 20.1 Å². The monoisotopic (exact) mass is 226 g/mol. The van der Waals surface area contributed by atoms with Crippen molar-refractivity contribution in [2.24, 2.45) is 0 Å². The van der Waals surface area contributed by atoms with Crippen LogP contribution in [-0.2, 0) is 0 Å². The molecule has 2 aromatic heterocycles. The van der Waals surface area contributed by atoms with Gasteiger partial charge in [0.25, 0.3) is 0 Å². The summed E-state index contributed by atoms with van der Waals surface area (Å²) in [5, 5.41) is 17.7. The first-order valence-electron chi connectivity index (χ1n) is 3.78. The first-order valence-corrected chi connectivity index (χ1v) is 4.16. The van der Waals surface area contributed by atoms with Crippen molar-refractivity contribution in [1.82, 2.24) is 15.2 Å². The Labute approximate surface area is 86.9 Å². The molecule has 0 fully saturated rings. The number of nitrogens with one attached hydrogen (secondary N) is 1. The van der Waals surface area contributed by atoms with E-state index in [0.29, 0.717) is 5.52 Å². The number of H-pyrrole nitrogens is 1. The third kappa shape index (κ3) is 1.64. The van der Waals surface area contributed by atoms with Gasteiger partial charge >= 0.3 is 11.2 Å². The fraction of sp³-hybridized carbons (Fsp3) is 0. The van der Waals surface area contributed by atoms with E-state index < -0.39 is 16.2 Å². The second kappa shape index (κ2) is 3.28. The molecule has 0 aliphatic carbocycles. The van der Waals surface area contributed by atoms with E-state index in [2.05, 4.69) is 15.2 Å². The summed E-state index contributed by atoms with van der Waals surface area (Å²) in [5.41, 5.74) is -0.841. The molecule has 0 aliphatic heterocycles. The summed E-state index contributed by atoms with van der Waals surface area (Å²) in [6, 6.07) is 2.42. The van der Waals surface area contributed by atoms with Crippen LogP contribution >= 0.6 is 11.6 Å². The zero-order chi connectivity index (χ0) is 11.0. The van der Waals surface area contributed by atoms with Crippen LogP contribution in [0.1, 0.15) is 0 Å². The maximum Gasteiger partial charge on any atom is 0.336 e. The lowest BCUT2D eigenvalue weighted by atomic mass is 10.3. The predicted octanol–water partition coefficient (Wildman–Crippen LogP) is 0.880. The highest BCUT2D eigenvalue weighted by Crippen LogP contribution is 2.14. The Morgan fingerprint density at radius 3 is 2.80 bits per heavy atom. The zero-order valence-corrected chi connectivity index (χ0v) is 7.85. The van der Waals surface area contributed by atoms with Crippen molar-refractivity contribution in [3.63, 3.8) is 0 Å². The number of pyridine rings is 1. The van der Waals surface area contributed by atoms with Gasteiger partial charge in [0.05, 0.1) is 16.5 Å². The molecule has 2 rings (SSSR count). The topological polar surface area (TPSA) is 102 Å². The molecule has 76 valence electrons. The number of aromatic amines is 1. The maximum absolute atomic E-state index is 11.2. The molecule has 2 aromatic rings. The van der Waals surface area contributed by atoms with Crippen LogP contribution < -0.4 is 5.56 Å². The summed E-state index contributed by atoms with van der Waals surface area (Å²) in [6.07, 6.45) is 0. The Bertz CT molecular complexity index is 609. The standard InChI is InChI=1S/C7H3ClN4O3/c8-6-2-3-4(10-11-6)1-5(12(14)15)7(13)9-3/h1-2H,(H,9,13). The van der Waals surface area contributed by atoms with E-state index in [1.807, 2.05) is 0 Å². The molecule has 0 unspecified atom stereocenters. The molecule has 0 aromatic carbocycles. The molecular formula is C7H3ClN4O3. The second-order valence-electron chi connectivity index (χ2n) is 2.71. The first kappa shape index (κ1) is 9.53. The zero-order valence-electron chi connectivity index (χ0n) is 7.10. The fourth-order valence-corrected chi connectivity index (χ4v) is 1.25. The lowest BCUT2D eigenvalue weighted by Gasteiger charge is -1.96. The normalized spacial score (nSPS) is 10.5. The first-order chi connectivity index (χ1) is 7.08. The Kier molecular flexibility index (Phi) is 2.09. The molecule has 0 atom stereocenters. The molecule has 0 saturated carbocycles. The van der Waals surface area contributed by atoms with Crippen molar-refractivity contribution in [2.75, 3.05) is 0 Å². The highest BCUT2D eigenvalue weighted by Gasteiger charge is 2.14. The molecule has 1 N–H and O–H groups in total. The van der Waals surface area contributed by atoms with Crippen molar-refractivity contribution in [3.8, 4) is 0 Å². The third-order valence-corrected chi connectivity index (χ3v) is 1.93. The molecule has 15 heavy (non-hydrogen) atoms. The van der Waals surface area contributed by atoms with Crippen LogP contribution in [0.2, 0.25) is 5.15 Å². The molecular weight excluding hydrogens is 224 g/mol. The number of nitrogens with zero attached hydrogens (tertiary/aromatic N) is 3. The van der Waals surface area contributed by atoms with E-state index in [1.54, 1.807) is 0 Å². The minimum atomic E-state index is -0.795. The van der Waals surface area contributed by atoms with Gasteiger partial charge in [-0.25, -0.2) is 0 Å². The van der Waals surface area contributed by atoms with Gasteiger partial charge < -0.3 is 4.98 Å². The van der Waals surface area contributed by atoms with Crippen molar-refractivity contribution >= 4 is 28.3 Å². The lowest BCUT2D eigenvalue weighted by molar-refractivity contribution is -0.386. The van der Waals surface area contributed by atoms with E-state index >= 15 is 0 Å². The van der Waals surface area contributed by atoms with Crippen LogP contribution in [0.4, 0.5) is 5.69 Å². The van der Waals surface area contributed by atoms with Gasteiger partial charge in [-0.05, 0) is 0 Å². The largest absolute Gasteiger partial charge is 0.336 e. The predicted molar refractivity (Wildman–Crippen MR) is 51.8 cm³/mol. The Balaban J connectivity index is 2.82. The maximum atomic E-state index is 11.2. The summed E-state index contributed by atoms with van der Waals surface area (Å²) in [7, 11) is 0. The SMILES string of the molecule is O=c1[nH]c2cc(Cl)nnc2cc1[N+](=O)[O-]. The van der Waals surface area contributed by atoms with E-state index in [-0.39, 0.29) is 10.7 Å². The van der Waals surface area contributed by atoms with Crippen LogP contribution in [0.25, 0.3) is 11.0 Å². The van der Waals surface area contributed by atoms with E-state index in [9.17, 15) is 14.9 Å². The van der Waals surface area contributed by atoms with Gasteiger partial charge in [0, 0.05) is 6.07 Å². The molecule has 0 bridgehead atoms. The van der Waals surface area contributed by atoms with E-state index in [4.69, 9.17) is 11.6 Å². The van der Waals surface area contributed by atoms with Gasteiger partial charge in [-0.1, -0.05) is 11.6 Å². The van der Waals surface area contributed by atoms with Crippen LogP contribution in [0.5, 0.6) is 0 Å². The molecule has 0 aliphatic rings. The highest BCUT2D eigenvalue weighted by atomic mass is 35.5. The molecule has 8 heteroatoms. The summed E-state index contributed by atoms with van der Waals surface area (Å²) >= 11 is 5.54. The Morgan fingerprint density at radius 1 is 1.40 bits per heavy atom. The van der Waals surface area contributed by atoms with Crippen molar-refractivity contribution in [2.45, 2.75) is 0 Å². The minimum Gasteiger partial charge on any atom is -0.314 e. The molecule has 0 radical (unpaired) electrons. The summed E-state index contributed by atoms with van der Waals surface area (Å²) in [5.74, 6) is 0. The number of rotatable bonds is 1. The number of halogens is 1. The minimum absolute atomic E-state index is 0.104. The van der Waals surface area contributed by atoms with Crippen LogP contribution in [0.15, 0.2) is 16.9 Å². The third-order valence-electron chi connectivity index (χ3n) is 1.74. The average Bonchev–Trinajstić information content (AvgIpc) is 2.15. The van der Waals surface area contributed by atoms with E-state index in [1.165, 1.54) is 6.07 Å². The summed E-state index contributed by atoms with van der Waals surface area (Å²) in [4.78, 5) is 23.2. The van der Waals surface area contributed by atoms with Crippen LogP contribution in [0, 0.1) is 10.1 Å². The Morgan fingerprint density at radius 2 is 2.13 bits per heavy atom. The summed E-state index contributed by atoms with van der Waals surface area (Å²) in [6.45, 7) is 0. The van der Waals surface area contributed by atoms with Gasteiger partial charge in [0.15, 0.2) is 5.15 Å². The number of fused-ring (bicyclic) bond motifs is 1. The van der Waals surface area contributed by atoms with Crippen LogP contribution in [0.3, 0.4) is 0 Å². The second-order valence-corrected chi connectivity index (χ2v) is 3.09. The highest BCUT2D eigenvalue weighted by molar-refractivity contribution is 6.29. The van der Waals surface area contributed by atoms with Crippen molar-refractivity contribution in [3.05, 3.63) is 37.8 Å². The van der Waals surface area contributed by atoms with Gasteiger partial charge in [-0.3, -0.25) is 14.9 Å². The molecule has 0 amide bonds. The molecule has 7 nitrogen and oxygen atoms in total. The Hall–Kier alpha value is -2.02. The lowest BCUT2D eigenvalue weighted by Crippen LogP contribution is -2.11. The average molecular weight is 227 g/mol. The number of nitro groups is 1.